The summed E-state index contributed by atoms with van der Waals surface area (Å²) in [6.45, 7) is 4.22. The molecule has 0 saturated heterocycles. The van der Waals surface area contributed by atoms with E-state index in [0.717, 1.165) is 10.6 Å². The van der Waals surface area contributed by atoms with Crippen LogP contribution in [-0.2, 0) is 10.5 Å². The van der Waals surface area contributed by atoms with Crippen LogP contribution < -0.4 is 5.32 Å². The maximum atomic E-state index is 13.1. The first-order chi connectivity index (χ1) is 10.0. The zero-order valence-electron chi connectivity index (χ0n) is 11.7. The zero-order valence-corrected chi connectivity index (χ0v) is 13.3. The van der Waals surface area contributed by atoms with Crippen molar-refractivity contribution in [2.75, 3.05) is 5.32 Å². The number of nitrogens with one attached hydrogen (secondary N) is 1. The maximum Gasteiger partial charge on any atom is 0.262 e. The van der Waals surface area contributed by atoms with Gasteiger partial charge in [0.25, 0.3) is 5.91 Å². The van der Waals surface area contributed by atoms with Crippen LogP contribution in [-0.4, -0.2) is 5.91 Å². The van der Waals surface area contributed by atoms with Gasteiger partial charge in [-0.3, -0.25) is 4.79 Å². The Morgan fingerprint density at radius 1 is 1.33 bits per heavy atom. The molecule has 2 heterocycles. The number of fused-ring (bicyclic) bond motifs is 1. The fourth-order valence-electron chi connectivity index (χ4n) is 2.20. The molecule has 0 spiro atoms. The SMILES string of the molecule is Cc1sc2c(c1C)CSC(C(=O)Nc1cccc(F)c1)=C2. The Bertz CT molecular complexity index is 749. The standard InChI is InChI=1S/C16H14FNOS2/c1-9-10(2)21-14-7-15(20-8-13(9)14)16(19)18-12-5-3-4-11(17)6-12/h3-7H,8H2,1-2H3,(H,18,19). The molecule has 0 fully saturated rings. The second-order valence-corrected chi connectivity index (χ2v) is 7.16. The minimum Gasteiger partial charge on any atom is -0.321 e. The fourth-order valence-corrected chi connectivity index (χ4v) is 4.55. The third-order valence-corrected chi connectivity index (χ3v) is 5.73. The number of rotatable bonds is 2. The Balaban J connectivity index is 1.83. The molecule has 1 aliphatic rings. The Hall–Kier alpha value is -1.59. The lowest BCUT2D eigenvalue weighted by molar-refractivity contribution is -0.112. The summed E-state index contributed by atoms with van der Waals surface area (Å²) in [5.41, 5.74) is 3.12. The topological polar surface area (TPSA) is 29.1 Å². The minimum absolute atomic E-state index is 0.181. The lowest BCUT2D eigenvalue weighted by Crippen LogP contribution is -2.14. The quantitative estimate of drug-likeness (QED) is 0.867. The van der Waals surface area contributed by atoms with Crippen molar-refractivity contribution < 1.29 is 9.18 Å². The molecule has 1 aliphatic heterocycles. The van der Waals surface area contributed by atoms with Crippen LogP contribution in [0.15, 0.2) is 29.2 Å². The third kappa shape index (κ3) is 2.89. The van der Waals surface area contributed by atoms with Crippen LogP contribution in [0.2, 0.25) is 0 Å². The summed E-state index contributed by atoms with van der Waals surface area (Å²) in [4.78, 5) is 15.4. The molecule has 0 atom stereocenters. The Morgan fingerprint density at radius 3 is 2.90 bits per heavy atom. The number of amides is 1. The normalized spacial score (nSPS) is 13.6. The molecule has 0 radical (unpaired) electrons. The molecule has 1 aromatic heterocycles. The van der Waals surface area contributed by atoms with E-state index in [1.165, 1.54) is 39.9 Å². The highest BCUT2D eigenvalue weighted by molar-refractivity contribution is 8.03. The first-order valence-corrected chi connectivity index (χ1v) is 8.35. The van der Waals surface area contributed by atoms with E-state index in [1.807, 2.05) is 6.08 Å². The molecule has 108 valence electrons. The fraction of sp³-hybridized carbons (Fsp3) is 0.188. The number of halogens is 1. The molecular formula is C16H14FNOS2. The van der Waals surface area contributed by atoms with Crippen molar-refractivity contribution in [1.29, 1.82) is 0 Å². The van der Waals surface area contributed by atoms with Gasteiger partial charge in [-0.25, -0.2) is 4.39 Å². The van der Waals surface area contributed by atoms with E-state index in [9.17, 15) is 9.18 Å². The number of hydrogen-bond donors (Lipinski definition) is 1. The number of aryl methyl sites for hydroxylation is 1. The molecule has 0 unspecified atom stereocenters. The monoisotopic (exact) mass is 319 g/mol. The summed E-state index contributed by atoms with van der Waals surface area (Å²) in [6.07, 6.45) is 1.93. The summed E-state index contributed by atoms with van der Waals surface area (Å²) in [6, 6.07) is 5.93. The molecule has 2 aromatic rings. The van der Waals surface area contributed by atoms with Crippen molar-refractivity contribution in [1.82, 2.24) is 0 Å². The predicted molar refractivity (Wildman–Crippen MR) is 88.1 cm³/mol. The van der Waals surface area contributed by atoms with Crippen LogP contribution in [0.3, 0.4) is 0 Å². The smallest absolute Gasteiger partial charge is 0.262 e. The number of carbonyl (C=O) groups excluding carboxylic acids is 1. The summed E-state index contributed by atoms with van der Waals surface area (Å²) >= 11 is 3.24. The molecule has 2 nitrogen and oxygen atoms in total. The van der Waals surface area contributed by atoms with Gasteiger partial charge in [-0.2, -0.15) is 0 Å². The molecule has 21 heavy (non-hydrogen) atoms. The Labute approximate surface area is 131 Å². The molecule has 1 amide bonds. The summed E-state index contributed by atoms with van der Waals surface area (Å²) in [5, 5.41) is 2.74. The molecule has 0 bridgehead atoms. The van der Waals surface area contributed by atoms with Crippen LogP contribution in [0, 0.1) is 19.7 Å². The van der Waals surface area contributed by atoms with Crippen molar-refractivity contribution in [2.45, 2.75) is 19.6 Å². The average molecular weight is 319 g/mol. The van der Waals surface area contributed by atoms with E-state index in [-0.39, 0.29) is 11.7 Å². The predicted octanol–water partition coefficient (Wildman–Crippen LogP) is 4.73. The van der Waals surface area contributed by atoms with Gasteiger partial charge >= 0.3 is 0 Å². The molecule has 5 heteroatoms. The van der Waals surface area contributed by atoms with Crippen molar-refractivity contribution in [3.63, 3.8) is 0 Å². The van der Waals surface area contributed by atoms with E-state index in [0.29, 0.717) is 10.6 Å². The second kappa shape index (κ2) is 5.66. The first kappa shape index (κ1) is 14.4. The number of thiophene rings is 1. The molecular weight excluding hydrogens is 305 g/mol. The minimum atomic E-state index is -0.357. The van der Waals surface area contributed by atoms with Crippen LogP contribution in [0.1, 0.15) is 20.9 Å². The van der Waals surface area contributed by atoms with E-state index < -0.39 is 0 Å². The number of thioether (sulfide) groups is 1. The van der Waals surface area contributed by atoms with Crippen molar-refractivity contribution in [3.05, 3.63) is 55.9 Å². The highest BCUT2D eigenvalue weighted by Gasteiger charge is 2.21. The third-order valence-electron chi connectivity index (χ3n) is 3.48. The van der Waals surface area contributed by atoms with Gasteiger partial charge in [-0.1, -0.05) is 6.07 Å². The summed E-state index contributed by atoms with van der Waals surface area (Å²) in [7, 11) is 0. The molecule has 0 aliphatic carbocycles. The molecule has 0 saturated carbocycles. The van der Waals surface area contributed by atoms with Gasteiger partial charge in [0.1, 0.15) is 5.82 Å². The number of anilines is 1. The van der Waals surface area contributed by atoms with Crippen LogP contribution in [0.25, 0.3) is 6.08 Å². The Kier molecular flexibility index (Phi) is 3.87. The summed E-state index contributed by atoms with van der Waals surface area (Å²) in [5.74, 6) is 0.276. The lowest BCUT2D eigenvalue weighted by atomic mass is 10.1. The second-order valence-electron chi connectivity index (χ2n) is 4.89. The van der Waals surface area contributed by atoms with Gasteiger partial charge in [0.15, 0.2) is 0 Å². The van der Waals surface area contributed by atoms with Crippen LogP contribution in [0.4, 0.5) is 10.1 Å². The van der Waals surface area contributed by atoms with Gasteiger partial charge in [-0.15, -0.1) is 23.1 Å². The largest absolute Gasteiger partial charge is 0.321 e. The van der Waals surface area contributed by atoms with Crippen LogP contribution in [0.5, 0.6) is 0 Å². The molecule has 1 N–H and O–H groups in total. The number of carbonyl (C=O) groups is 1. The molecule has 1 aromatic carbocycles. The van der Waals surface area contributed by atoms with Crippen molar-refractivity contribution in [2.24, 2.45) is 0 Å². The summed E-state index contributed by atoms with van der Waals surface area (Å²) < 4.78 is 13.1. The van der Waals surface area contributed by atoms with Crippen molar-refractivity contribution >= 4 is 40.8 Å². The van der Waals surface area contributed by atoms with Crippen molar-refractivity contribution in [3.8, 4) is 0 Å². The Morgan fingerprint density at radius 2 is 2.14 bits per heavy atom. The van der Waals surface area contributed by atoms with Crippen LogP contribution >= 0.6 is 23.1 Å². The molecule has 3 rings (SSSR count). The first-order valence-electron chi connectivity index (χ1n) is 6.55. The van der Waals surface area contributed by atoms with Gasteiger partial charge in [0, 0.05) is 21.2 Å². The maximum absolute atomic E-state index is 13.1. The highest BCUT2D eigenvalue weighted by Crippen LogP contribution is 2.39. The lowest BCUT2D eigenvalue weighted by Gasteiger charge is -2.13. The van der Waals surface area contributed by atoms with Gasteiger partial charge < -0.3 is 5.32 Å². The van der Waals surface area contributed by atoms with Gasteiger partial charge in [-0.05, 0) is 49.2 Å². The van der Waals surface area contributed by atoms with E-state index in [4.69, 9.17) is 0 Å². The van der Waals surface area contributed by atoms with E-state index in [1.54, 1.807) is 23.5 Å². The number of hydrogen-bond acceptors (Lipinski definition) is 3. The number of benzene rings is 1. The van der Waals surface area contributed by atoms with Gasteiger partial charge in [0.2, 0.25) is 0 Å². The highest BCUT2D eigenvalue weighted by atomic mass is 32.2. The zero-order chi connectivity index (χ0) is 15.0. The van der Waals surface area contributed by atoms with Gasteiger partial charge in [0.05, 0.1) is 4.91 Å². The van der Waals surface area contributed by atoms with E-state index in [2.05, 4.69) is 19.2 Å². The average Bonchev–Trinajstić information content (AvgIpc) is 2.73. The van der Waals surface area contributed by atoms with E-state index >= 15 is 0 Å².